The molecular weight excluding hydrogens is 120 g/mol. The Balaban J connectivity index is 2.13. The van der Waals surface area contributed by atoms with Crippen LogP contribution in [-0.4, -0.2) is 19.0 Å². The number of methoxy groups -OCH3 is 1. The van der Waals surface area contributed by atoms with Gasteiger partial charge in [-0.25, -0.2) is 0 Å². The van der Waals surface area contributed by atoms with Crippen molar-refractivity contribution in [3.8, 4) is 0 Å². The van der Waals surface area contributed by atoms with Crippen LogP contribution in [0.15, 0.2) is 0 Å². The van der Waals surface area contributed by atoms with Gasteiger partial charge in [0.05, 0.1) is 11.9 Å². The maximum atomic E-state index is 5.06. The van der Waals surface area contributed by atoms with Crippen molar-refractivity contribution in [2.45, 2.75) is 18.9 Å². The smallest absolute Gasteiger partial charge is 0.0794 e. The average Bonchev–Trinajstić information content (AvgIpc) is 1.90. The molecular formula is C6H10OS. The molecule has 8 heavy (non-hydrogen) atoms. The number of thioether (sulfide) groups is 1. The van der Waals surface area contributed by atoms with Gasteiger partial charge in [-0.2, -0.15) is 0 Å². The Morgan fingerprint density at radius 1 is 1.75 bits per heavy atom. The lowest BCUT2D eigenvalue weighted by atomic mass is 10.2. The van der Waals surface area contributed by atoms with Crippen molar-refractivity contribution in [1.29, 1.82) is 0 Å². The topological polar surface area (TPSA) is 9.23 Å². The van der Waals surface area contributed by atoms with Crippen molar-refractivity contribution in [1.82, 2.24) is 0 Å². The summed E-state index contributed by atoms with van der Waals surface area (Å²) in [5.41, 5.74) is 0. The summed E-state index contributed by atoms with van der Waals surface area (Å²) in [6.45, 7) is 0. The van der Waals surface area contributed by atoms with Crippen LogP contribution in [0.3, 0.4) is 0 Å². The van der Waals surface area contributed by atoms with Gasteiger partial charge in [-0.3, -0.25) is 0 Å². The van der Waals surface area contributed by atoms with Gasteiger partial charge >= 0.3 is 0 Å². The molecule has 1 saturated heterocycles. The monoisotopic (exact) mass is 130 g/mol. The third-order valence-corrected chi connectivity index (χ3v) is 2.13. The molecule has 46 valence electrons. The molecule has 1 heterocycles. The molecule has 2 heteroatoms. The highest BCUT2D eigenvalue weighted by atomic mass is 32.2. The van der Waals surface area contributed by atoms with Crippen LogP contribution in [0.2, 0.25) is 0 Å². The first-order chi connectivity index (χ1) is 3.93. The molecule has 0 spiro atoms. The molecule has 1 unspecified atom stereocenters. The van der Waals surface area contributed by atoms with Gasteiger partial charge in [0.25, 0.3) is 0 Å². The Morgan fingerprint density at radius 2 is 2.62 bits per heavy atom. The summed E-state index contributed by atoms with van der Waals surface area (Å²) in [5.74, 6) is 4.39. The Bertz CT molecular complexity index is 59.5. The molecule has 0 saturated carbocycles. The molecule has 0 N–H and O–H groups in total. The Labute approximate surface area is 54.8 Å². The summed E-state index contributed by atoms with van der Waals surface area (Å²) < 4.78 is 5.06. The summed E-state index contributed by atoms with van der Waals surface area (Å²) in [5, 5.41) is 0. The molecule has 1 fully saturated rings. The standard InChI is InChI=1S/C6H10OS/c1-7-6-3-2-4-8-5-6/h6H,2-4H2,1H3. The SMILES string of the molecule is COC1[C]SCCC1. The summed E-state index contributed by atoms with van der Waals surface area (Å²) in [4.78, 5) is 0. The quantitative estimate of drug-likeness (QED) is 0.533. The zero-order valence-corrected chi connectivity index (χ0v) is 5.83. The molecule has 1 rings (SSSR count). The van der Waals surface area contributed by atoms with E-state index in [1.54, 1.807) is 18.9 Å². The van der Waals surface area contributed by atoms with E-state index < -0.39 is 0 Å². The van der Waals surface area contributed by atoms with E-state index in [1.807, 2.05) is 0 Å². The summed E-state index contributed by atoms with van der Waals surface area (Å²) in [7, 11) is 1.74. The molecule has 1 aliphatic heterocycles. The van der Waals surface area contributed by atoms with Crippen LogP contribution in [0.1, 0.15) is 12.8 Å². The number of hydrogen-bond acceptors (Lipinski definition) is 2. The number of hydrogen-bond donors (Lipinski definition) is 0. The third kappa shape index (κ3) is 1.67. The first-order valence-corrected chi connectivity index (χ1v) is 3.82. The molecule has 2 radical (unpaired) electrons. The molecule has 0 aromatic rings. The van der Waals surface area contributed by atoms with Crippen molar-refractivity contribution in [2.75, 3.05) is 12.9 Å². The predicted octanol–water partition coefficient (Wildman–Crippen LogP) is 1.57. The molecule has 1 aliphatic rings. The maximum absolute atomic E-state index is 5.06. The van der Waals surface area contributed by atoms with E-state index in [0.717, 1.165) is 6.42 Å². The highest BCUT2D eigenvalue weighted by molar-refractivity contribution is 8.01. The van der Waals surface area contributed by atoms with Gasteiger partial charge in [0.1, 0.15) is 0 Å². The van der Waals surface area contributed by atoms with Gasteiger partial charge in [-0.05, 0) is 18.6 Å². The lowest BCUT2D eigenvalue weighted by Gasteiger charge is -2.17. The van der Waals surface area contributed by atoms with Crippen LogP contribution < -0.4 is 0 Å². The van der Waals surface area contributed by atoms with Crippen molar-refractivity contribution < 1.29 is 4.74 Å². The van der Waals surface area contributed by atoms with Crippen LogP contribution in [0, 0.1) is 5.75 Å². The van der Waals surface area contributed by atoms with Crippen LogP contribution in [0.5, 0.6) is 0 Å². The second-order valence-electron chi connectivity index (χ2n) is 1.83. The van der Waals surface area contributed by atoms with E-state index in [1.165, 1.54) is 12.2 Å². The number of rotatable bonds is 1. The molecule has 1 atom stereocenters. The van der Waals surface area contributed by atoms with Crippen molar-refractivity contribution in [3.63, 3.8) is 0 Å². The molecule has 0 aromatic carbocycles. The first kappa shape index (κ1) is 6.43. The Kier molecular flexibility index (Phi) is 2.70. The van der Waals surface area contributed by atoms with Crippen molar-refractivity contribution >= 4 is 11.8 Å². The summed E-state index contributed by atoms with van der Waals surface area (Å²) >= 11 is 1.75. The molecule has 1 nitrogen and oxygen atoms in total. The lowest BCUT2D eigenvalue weighted by Crippen LogP contribution is -2.13. The highest BCUT2D eigenvalue weighted by Gasteiger charge is 2.12. The molecule has 0 bridgehead atoms. The zero-order chi connectivity index (χ0) is 5.82. The largest absolute Gasteiger partial charge is 0.380 e. The second-order valence-corrected chi connectivity index (χ2v) is 2.77. The minimum Gasteiger partial charge on any atom is -0.380 e. The van der Waals surface area contributed by atoms with E-state index >= 15 is 0 Å². The van der Waals surface area contributed by atoms with E-state index in [2.05, 4.69) is 5.75 Å². The number of ether oxygens (including phenoxy) is 1. The third-order valence-electron chi connectivity index (χ3n) is 1.21. The van der Waals surface area contributed by atoms with Crippen molar-refractivity contribution in [3.05, 3.63) is 5.75 Å². The van der Waals surface area contributed by atoms with Crippen molar-refractivity contribution in [2.24, 2.45) is 0 Å². The van der Waals surface area contributed by atoms with Gasteiger partial charge in [0.2, 0.25) is 0 Å². The summed E-state index contributed by atoms with van der Waals surface area (Å²) in [6, 6.07) is 0. The molecule has 0 aromatic heterocycles. The van der Waals surface area contributed by atoms with Crippen LogP contribution in [0.25, 0.3) is 0 Å². The molecule has 0 amide bonds. The van der Waals surface area contributed by atoms with Crippen LogP contribution in [0.4, 0.5) is 0 Å². The first-order valence-electron chi connectivity index (χ1n) is 2.83. The average molecular weight is 130 g/mol. The second kappa shape index (κ2) is 3.36. The molecule has 0 aliphatic carbocycles. The van der Waals surface area contributed by atoms with E-state index in [-0.39, 0.29) is 0 Å². The highest BCUT2D eigenvalue weighted by Crippen LogP contribution is 2.22. The van der Waals surface area contributed by atoms with Crippen LogP contribution >= 0.6 is 11.8 Å². The Morgan fingerprint density at radius 3 is 3.00 bits per heavy atom. The fourth-order valence-electron chi connectivity index (χ4n) is 0.718. The van der Waals surface area contributed by atoms with E-state index in [0.29, 0.717) is 6.10 Å². The fourth-order valence-corrected chi connectivity index (χ4v) is 1.55. The normalized spacial score (nSPS) is 30.4. The minimum absolute atomic E-state index is 0.300. The van der Waals surface area contributed by atoms with Gasteiger partial charge in [-0.15, -0.1) is 11.8 Å². The predicted molar refractivity (Wildman–Crippen MR) is 35.7 cm³/mol. The van der Waals surface area contributed by atoms with Gasteiger partial charge < -0.3 is 4.74 Å². The summed E-state index contributed by atoms with van der Waals surface area (Å²) in [6.07, 6.45) is 2.73. The van der Waals surface area contributed by atoms with Crippen LogP contribution in [-0.2, 0) is 4.74 Å². The van der Waals surface area contributed by atoms with E-state index in [4.69, 9.17) is 4.74 Å². The fraction of sp³-hybridized carbons (Fsp3) is 0.833. The lowest BCUT2D eigenvalue weighted by molar-refractivity contribution is 0.126. The van der Waals surface area contributed by atoms with Gasteiger partial charge in [0.15, 0.2) is 0 Å². The minimum atomic E-state index is 0.300. The van der Waals surface area contributed by atoms with Gasteiger partial charge in [-0.1, -0.05) is 0 Å². The Hall–Kier alpha value is 0.310. The zero-order valence-electron chi connectivity index (χ0n) is 5.02. The van der Waals surface area contributed by atoms with E-state index in [9.17, 15) is 0 Å². The van der Waals surface area contributed by atoms with Gasteiger partial charge in [0, 0.05) is 7.11 Å². The maximum Gasteiger partial charge on any atom is 0.0794 e.